The second-order valence-electron chi connectivity index (χ2n) is 6.35. The number of nitrogens with two attached hydrogens (primary N) is 1. The molecule has 0 radical (unpaired) electrons. The topological polar surface area (TPSA) is 89.3 Å². The van der Waals surface area contributed by atoms with Gasteiger partial charge in [0, 0.05) is 24.6 Å². The molecule has 1 aromatic heterocycles. The number of rotatable bonds is 8. The first-order valence-corrected chi connectivity index (χ1v) is 9.05. The summed E-state index contributed by atoms with van der Waals surface area (Å²) in [6, 6.07) is 6.33. The second-order valence-corrected chi connectivity index (χ2v) is 6.35. The number of nitrogens with one attached hydrogen (secondary N) is 1. The maximum absolute atomic E-state index is 6.06. The van der Waals surface area contributed by atoms with E-state index in [1.54, 1.807) is 0 Å². The number of para-hydroxylation sites is 1. The fourth-order valence-electron chi connectivity index (χ4n) is 2.60. The number of hydrogen-bond donors (Lipinski definition) is 2. The third kappa shape index (κ3) is 5.31. The van der Waals surface area contributed by atoms with Crippen molar-refractivity contribution in [2.45, 2.75) is 59.3 Å². The van der Waals surface area contributed by atoms with E-state index in [1.807, 2.05) is 13.8 Å². The van der Waals surface area contributed by atoms with Gasteiger partial charge >= 0.3 is 0 Å². The van der Waals surface area contributed by atoms with Crippen LogP contribution in [-0.4, -0.2) is 22.6 Å². The van der Waals surface area contributed by atoms with Crippen molar-refractivity contribution in [2.75, 3.05) is 11.9 Å². The van der Waals surface area contributed by atoms with Gasteiger partial charge in [0.2, 0.25) is 5.89 Å². The molecule has 0 amide bonds. The number of aromatic nitrogens is 2. The SMILES string of the molecule is CCc1cccc(CC)c1NC(N)=NCCCc1nc(C(C)C)no1. The predicted octanol–water partition coefficient (Wildman–Crippen LogP) is 3.68. The highest BCUT2D eigenvalue weighted by Gasteiger charge is 2.09. The van der Waals surface area contributed by atoms with Crippen molar-refractivity contribution < 1.29 is 4.52 Å². The largest absolute Gasteiger partial charge is 0.370 e. The van der Waals surface area contributed by atoms with Gasteiger partial charge in [-0.25, -0.2) is 0 Å². The smallest absolute Gasteiger partial charge is 0.226 e. The Labute approximate surface area is 149 Å². The van der Waals surface area contributed by atoms with Crippen LogP contribution in [0, 0.1) is 0 Å². The summed E-state index contributed by atoms with van der Waals surface area (Å²) in [5.41, 5.74) is 9.66. The van der Waals surface area contributed by atoms with Crippen molar-refractivity contribution >= 4 is 11.6 Å². The van der Waals surface area contributed by atoms with Gasteiger partial charge in [0.15, 0.2) is 11.8 Å². The Morgan fingerprint density at radius 2 is 1.92 bits per heavy atom. The summed E-state index contributed by atoms with van der Waals surface area (Å²) in [5, 5.41) is 7.24. The van der Waals surface area contributed by atoms with E-state index in [2.05, 4.69) is 52.5 Å². The molecular weight excluding hydrogens is 314 g/mol. The van der Waals surface area contributed by atoms with Crippen molar-refractivity contribution in [2.24, 2.45) is 10.7 Å². The molecule has 0 saturated carbocycles. The molecule has 1 aromatic carbocycles. The van der Waals surface area contributed by atoms with E-state index in [4.69, 9.17) is 10.3 Å². The number of aryl methyl sites for hydroxylation is 3. The quantitative estimate of drug-likeness (QED) is 0.433. The fraction of sp³-hybridized carbons (Fsp3) is 0.526. The van der Waals surface area contributed by atoms with E-state index in [0.29, 0.717) is 24.8 Å². The van der Waals surface area contributed by atoms with Gasteiger partial charge < -0.3 is 15.6 Å². The van der Waals surface area contributed by atoms with Crippen molar-refractivity contribution in [3.8, 4) is 0 Å². The van der Waals surface area contributed by atoms with E-state index in [9.17, 15) is 0 Å². The van der Waals surface area contributed by atoms with Gasteiger partial charge in [-0.2, -0.15) is 4.98 Å². The molecule has 0 unspecified atom stereocenters. The monoisotopic (exact) mass is 343 g/mol. The van der Waals surface area contributed by atoms with Crippen molar-refractivity contribution in [3.05, 3.63) is 41.0 Å². The van der Waals surface area contributed by atoms with Crippen LogP contribution in [0.1, 0.15) is 62.9 Å². The van der Waals surface area contributed by atoms with E-state index < -0.39 is 0 Å². The molecule has 6 nitrogen and oxygen atoms in total. The number of nitrogens with zero attached hydrogens (tertiary/aromatic N) is 3. The zero-order valence-electron chi connectivity index (χ0n) is 15.7. The molecule has 6 heteroatoms. The molecule has 0 aliphatic rings. The van der Waals surface area contributed by atoms with Crippen LogP contribution in [0.25, 0.3) is 0 Å². The van der Waals surface area contributed by atoms with Crippen molar-refractivity contribution in [3.63, 3.8) is 0 Å². The van der Waals surface area contributed by atoms with Crippen molar-refractivity contribution in [1.29, 1.82) is 0 Å². The van der Waals surface area contributed by atoms with Gasteiger partial charge in [0.05, 0.1) is 0 Å². The average Bonchev–Trinajstić information content (AvgIpc) is 3.08. The zero-order valence-corrected chi connectivity index (χ0v) is 15.7. The molecule has 0 fully saturated rings. The molecule has 2 aromatic rings. The molecule has 3 N–H and O–H groups in total. The van der Waals surface area contributed by atoms with Crippen LogP contribution in [-0.2, 0) is 19.3 Å². The lowest BCUT2D eigenvalue weighted by Gasteiger charge is -2.14. The summed E-state index contributed by atoms with van der Waals surface area (Å²) in [7, 11) is 0. The minimum absolute atomic E-state index is 0.279. The van der Waals surface area contributed by atoms with Gasteiger partial charge in [-0.05, 0) is 30.4 Å². The highest BCUT2D eigenvalue weighted by Crippen LogP contribution is 2.22. The summed E-state index contributed by atoms with van der Waals surface area (Å²) < 4.78 is 5.23. The minimum atomic E-state index is 0.279. The van der Waals surface area contributed by atoms with Crippen molar-refractivity contribution in [1.82, 2.24) is 10.1 Å². The summed E-state index contributed by atoms with van der Waals surface area (Å²) in [5.74, 6) is 2.14. The molecule has 0 atom stereocenters. The Hall–Kier alpha value is -2.37. The molecular formula is C19H29N5O. The van der Waals surface area contributed by atoms with Crippen LogP contribution >= 0.6 is 0 Å². The molecule has 136 valence electrons. The fourth-order valence-corrected chi connectivity index (χ4v) is 2.60. The maximum Gasteiger partial charge on any atom is 0.226 e. The number of benzene rings is 1. The van der Waals surface area contributed by atoms with E-state index in [0.717, 1.165) is 30.8 Å². The van der Waals surface area contributed by atoms with Crippen LogP contribution in [0.15, 0.2) is 27.7 Å². The van der Waals surface area contributed by atoms with Crippen LogP contribution in [0.5, 0.6) is 0 Å². The first-order chi connectivity index (χ1) is 12.0. The highest BCUT2D eigenvalue weighted by atomic mass is 16.5. The van der Waals surface area contributed by atoms with E-state index in [1.165, 1.54) is 11.1 Å². The minimum Gasteiger partial charge on any atom is -0.370 e. The number of hydrogen-bond acceptors (Lipinski definition) is 4. The molecule has 1 heterocycles. The summed E-state index contributed by atoms with van der Waals surface area (Å²) in [4.78, 5) is 8.79. The molecule has 0 aliphatic heterocycles. The first-order valence-electron chi connectivity index (χ1n) is 9.05. The van der Waals surface area contributed by atoms with Gasteiger partial charge in [-0.1, -0.05) is 51.1 Å². The maximum atomic E-state index is 6.06. The molecule has 0 saturated heterocycles. The van der Waals surface area contributed by atoms with Crippen LogP contribution in [0.4, 0.5) is 5.69 Å². The predicted molar refractivity (Wildman–Crippen MR) is 102 cm³/mol. The summed E-state index contributed by atoms with van der Waals surface area (Å²) >= 11 is 0. The third-order valence-electron chi connectivity index (χ3n) is 4.08. The molecule has 0 spiro atoms. The Kier molecular flexibility index (Phi) is 6.98. The first kappa shape index (κ1) is 19.0. The number of guanidine groups is 1. The highest BCUT2D eigenvalue weighted by molar-refractivity contribution is 5.93. The summed E-state index contributed by atoms with van der Waals surface area (Å²) in [6.07, 6.45) is 3.44. The molecule has 0 aliphatic carbocycles. The lowest BCUT2D eigenvalue weighted by molar-refractivity contribution is 0.369. The number of aliphatic imine (C=N–C) groups is 1. The molecule has 2 rings (SSSR count). The number of anilines is 1. The van der Waals surface area contributed by atoms with Crippen LogP contribution in [0.2, 0.25) is 0 Å². The Morgan fingerprint density at radius 1 is 1.24 bits per heavy atom. The molecule has 0 bridgehead atoms. The van der Waals surface area contributed by atoms with Crippen LogP contribution < -0.4 is 11.1 Å². The normalized spacial score (nSPS) is 12.0. The standard InChI is InChI=1S/C19H29N5O/c1-5-14-9-7-10-15(6-2)17(14)23-19(20)21-12-8-11-16-22-18(13(3)4)24-25-16/h7,9-10,13H,5-6,8,11-12H2,1-4H3,(H3,20,21,23). The van der Waals surface area contributed by atoms with E-state index in [-0.39, 0.29) is 5.92 Å². The Morgan fingerprint density at radius 3 is 2.48 bits per heavy atom. The lowest BCUT2D eigenvalue weighted by Crippen LogP contribution is -2.24. The van der Waals surface area contributed by atoms with Gasteiger partial charge in [0.25, 0.3) is 0 Å². The Bertz CT molecular complexity index is 683. The Balaban J connectivity index is 1.89. The summed E-state index contributed by atoms with van der Waals surface area (Å²) in [6.45, 7) is 8.99. The second kappa shape index (κ2) is 9.20. The van der Waals surface area contributed by atoms with Gasteiger partial charge in [0.1, 0.15) is 0 Å². The van der Waals surface area contributed by atoms with Gasteiger partial charge in [-0.3, -0.25) is 4.99 Å². The van der Waals surface area contributed by atoms with Gasteiger partial charge in [-0.15, -0.1) is 0 Å². The zero-order chi connectivity index (χ0) is 18.2. The molecule has 25 heavy (non-hydrogen) atoms. The van der Waals surface area contributed by atoms with Crippen LogP contribution in [0.3, 0.4) is 0 Å². The third-order valence-corrected chi connectivity index (χ3v) is 4.08. The average molecular weight is 343 g/mol. The van der Waals surface area contributed by atoms with E-state index >= 15 is 0 Å². The lowest BCUT2D eigenvalue weighted by atomic mass is 10.0.